The number of allylic oxidation sites excluding steroid dienone is 3. The van der Waals surface area contributed by atoms with Gasteiger partial charge in [0.2, 0.25) is 0 Å². The molecule has 1 aliphatic carbocycles. The number of aromatic nitrogens is 4. The summed E-state index contributed by atoms with van der Waals surface area (Å²) in [5, 5.41) is 11.8. The van der Waals surface area contributed by atoms with E-state index in [1.54, 1.807) is 0 Å². The number of carbonyl (C=O) groups is 2. The largest absolute Gasteiger partial charge is 0.468 e. The number of aliphatic hydroxyl groups is 1. The lowest BCUT2D eigenvalue weighted by molar-refractivity contribution is -0.145. The van der Waals surface area contributed by atoms with Crippen LogP contribution in [0.3, 0.4) is 0 Å². The van der Waals surface area contributed by atoms with Crippen molar-refractivity contribution in [1.82, 2.24) is 24.8 Å². The van der Waals surface area contributed by atoms with Gasteiger partial charge in [-0.2, -0.15) is 0 Å². The Labute approximate surface area is 286 Å². The van der Waals surface area contributed by atoms with Gasteiger partial charge >= 0.3 is 11.9 Å². The molecule has 49 heavy (non-hydrogen) atoms. The van der Waals surface area contributed by atoms with Crippen molar-refractivity contribution in [1.29, 1.82) is 0 Å². The molecule has 0 fully saturated rings. The highest BCUT2D eigenvalue weighted by atomic mass is 16.5. The zero-order valence-electron chi connectivity index (χ0n) is 29.6. The molecule has 10 heteroatoms. The summed E-state index contributed by atoms with van der Waals surface area (Å²) in [5.41, 5.74) is 14.0. The molecular formula is C39H45N5O5. The lowest BCUT2D eigenvalue weighted by Gasteiger charge is -2.16. The normalized spacial score (nSPS) is 16.9. The molecule has 3 aliphatic rings. The molecule has 3 aromatic heterocycles. The Morgan fingerprint density at radius 3 is 2.29 bits per heavy atom. The summed E-state index contributed by atoms with van der Waals surface area (Å²) in [6.45, 7) is 15.2. The van der Waals surface area contributed by atoms with Gasteiger partial charge in [-0.25, -0.2) is 9.97 Å². The van der Waals surface area contributed by atoms with Crippen LogP contribution in [0.1, 0.15) is 90.1 Å². The Balaban J connectivity index is 1.69. The average molecular weight is 664 g/mol. The van der Waals surface area contributed by atoms with Crippen molar-refractivity contribution in [2.45, 2.75) is 65.9 Å². The van der Waals surface area contributed by atoms with Gasteiger partial charge in [-0.1, -0.05) is 19.6 Å². The van der Waals surface area contributed by atoms with Crippen LogP contribution in [-0.4, -0.2) is 82.3 Å². The van der Waals surface area contributed by atoms with E-state index in [1.165, 1.54) is 12.7 Å². The Hall–Kier alpha value is -4.80. The van der Waals surface area contributed by atoms with E-state index in [4.69, 9.17) is 19.4 Å². The second kappa shape index (κ2) is 13.2. The number of ether oxygens (including phenoxy) is 2. The number of aliphatic hydroxyl groups excluding tert-OH is 1. The number of carbonyl (C=O) groups excluding carboxylic acids is 2. The first-order valence-electron chi connectivity index (χ1n) is 16.8. The summed E-state index contributed by atoms with van der Waals surface area (Å²) >= 11 is 0. The molecule has 8 bridgehead atoms. The fourth-order valence-electron chi connectivity index (χ4n) is 7.30. The van der Waals surface area contributed by atoms with Gasteiger partial charge < -0.3 is 29.4 Å². The molecule has 2 atom stereocenters. The second-order valence-corrected chi connectivity index (χ2v) is 13.3. The van der Waals surface area contributed by atoms with Crippen molar-refractivity contribution in [3.63, 3.8) is 0 Å². The number of likely N-dealkylation sites (N-methyl/N-ethyl adjacent to an activating group) is 1. The zero-order valence-corrected chi connectivity index (χ0v) is 29.6. The molecule has 0 saturated heterocycles. The summed E-state index contributed by atoms with van der Waals surface area (Å²) in [7, 11) is 5.17. The number of H-pyrrole nitrogens is 2. The Morgan fingerprint density at radius 2 is 1.61 bits per heavy atom. The van der Waals surface area contributed by atoms with Crippen LogP contribution in [0.4, 0.5) is 0 Å². The zero-order chi connectivity index (χ0) is 35.3. The fraction of sp³-hybridized carbons (Fsp3) is 0.385. The minimum absolute atomic E-state index is 0.125. The predicted molar refractivity (Wildman–Crippen MR) is 194 cm³/mol. The van der Waals surface area contributed by atoms with Crippen LogP contribution in [0, 0.1) is 13.8 Å². The van der Waals surface area contributed by atoms with Crippen LogP contribution in [-0.2, 0) is 25.5 Å². The Kier molecular flexibility index (Phi) is 9.21. The molecule has 256 valence electrons. The summed E-state index contributed by atoms with van der Waals surface area (Å²) in [6, 6.07) is 6.13. The van der Waals surface area contributed by atoms with Gasteiger partial charge in [-0.05, 0) is 106 Å². The number of rotatable bonds is 9. The number of nitrogens with one attached hydrogen (secondary N) is 2. The van der Waals surface area contributed by atoms with Crippen molar-refractivity contribution >= 4 is 62.4 Å². The number of fused-ring (bicyclic) bond motifs is 8. The number of methoxy groups -OCH3 is 1. The third-order valence-corrected chi connectivity index (χ3v) is 10.1. The molecular weight excluding hydrogens is 618 g/mol. The van der Waals surface area contributed by atoms with Crippen LogP contribution in [0.2, 0.25) is 0 Å². The monoisotopic (exact) mass is 663 g/mol. The molecule has 0 saturated carbocycles. The van der Waals surface area contributed by atoms with E-state index in [0.29, 0.717) is 53.5 Å². The molecule has 0 radical (unpaired) electrons. The topological polar surface area (TPSA) is 133 Å². The average Bonchev–Trinajstić information content (AvgIpc) is 3.80. The van der Waals surface area contributed by atoms with E-state index in [9.17, 15) is 14.7 Å². The van der Waals surface area contributed by atoms with Gasteiger partial charge in [0.15, 0.2) is 0 Å². The first-order chi connectivity index (χ1) is 23.4. The van der Waals surface area contributed by atoms with Gasteiger partial charge in [0.1, 0.15) is 12.5 Å². The lowest BCUT2D eigenvalue weighted by atomic mass is 9.92. The van der Waals surface area contributed by atoms with E-state index in [-0.39, 0.29) is 12.4 Å². The number of aromatic amines is 2. The van der Waals surface area contributed by atoms with Gasteiger partial charge in [0.25, 0.3) is 0 Å². The minimum atomic E-state index is -1.18. The second-order valence-electron chi connectivity index (χ2n) is 13.3. The first kappa shape index (κ1) is 34.1. The van der Waals surface area contributed by atoms with Gasteiger partial charge in [-0.3, -0.25) is 9.59 Å². The number of nitrogens with zero attached hydrogens (tertiary/aromatic N) is 3. The van der Waals surface area contributed by atoms with Gasteiger partial charge in [0.05, 0.1) is 36.0 Å². The quantitative estimate of drug-likeness (QED) is 0.221. The SMILES string of the molecule is C=Cc1c(C)c2cc3nc(c4c5nc(cc6[nH]c(cc1[nH]2)c(C)c6CC)C(C)=C5C(O)C4C(=O)OC)C(CCC(=O)OCCN(C)C)=C3C. The molecule has 0 amide bonds. The Bertz CT molecular complexity index is 2130. The third-order valence-electron chi connectivity index (χ3n) is 10.1. The van der Waals surface area contributed by atoms with E-state index in [2.05, 4.69) is 36.5 Å². The Morgan fingerprint density at radius 1 is 0.959 bits per heavy atom. The van der Waals surface area contributed by atoms with Crippen LogP contribution in [0.25, 0.3) is 50.4 Å². The van der Waals surface area contributed by atoms with Crippen molar-refractivity contribution < 1.29 is 24.2 Å². The highest BCUT2D eigenvalue weighted by Gasteiger charge is 2.47. The summed E-state index contributed by atoms with van der Waals surface area (Å²) < 4.78 is 10.8. The number of esters is 2. The van der Waals surface area contributed by atoms with E-state index >= 15 is 0 Å². The highest BCUT2D eigenvalue weighted by Crippen LogP contribution is 2.50. The molecule has 3 N–H and O–H groups in total. The third kappa shape index (κ3) is 5.82. The van der Waals surface area contributed by atoms with Crippen LogP contribution >= 0.6 is 0 Å². The summed E-state index contributed by atoms with van der Waals surface area (Å²) in [4.78, 5) is 45.7. The standard InChI is InChI=1S/C39H45N5O5/c1-10-23-19(3)26-16-28-21(5)25(12-13-32(45)49-15-14-44(7)8)36(42-28)34-35(39(47)48-9)38(46)33-22(6)29(43-37(33)34)18-31-24(11-2)20(4)27(41-31)17-30(23)40-26/h10,16-18,35,38,40-41,46H,1,11-15H2,2-9H3. The fourth-order valence-corrected chi connectivity index (χ4v) is 7.30. The molecule has 2 aliphatic heterocycles. The maximum absolute atomic E-state index is 13.4. The van der Waals surface area contributed by atoms with Crippen molar-refractivity contribution in [2.75, 3.05) is 34.4 Å². The summed E-state index contributed by atoms with van der Waals surface area (Å²) in [6.07, 6.45) is 1.94. The molecule has 10 nitrogen and oxygen atoms in total. The predicted octanol–water partition coefficient (Wildman–Crippen LogP) is 6.51. The van der Waals surface area contributed by atoms with Gasteiger partial charge in [-0.15, -0.1) is 0 Å². The minimum Gasteiger partial charge on any atom is -0.468 e. The highest BCUT2D eigenvalue weighted by molar-refractivity contribution is 6.04. The van der Waals surface area contributed by atoms with Gasteiger partial charge in [0, 0.05) is 51.7 Å². The number of aryl methyl sites for hydroxylation is 3. The smallest absolute Gasteiger partial charge is 0.316 e. The first-order valence-corrected chi connectivity index (χ1v) is 16.8. The molecule has 5 heterocycles. The maximum atomic E-state index is 13.4. The van der Waals surface area contributed by atoms with E-state index in [1.807, 2.05) is 58.0 Å². The van der Waals surface area contributed by atoms with Crippen LogP contribution in [0.5, 0.6) is 0 Å². The van der Waals surface area contributed by atoms with E-state index in [0.717, 1.165) is 61.9 Å². The van der Waals surface area contributed by atoms with Crippen LogP contribution in [0.15, 0.2) is 24.8 Å². The molecule has 0 spiro atoms. The van der Waals surface area contributed by atoms with Crippen LogP contribution < -0.4 is 0 Å². The van der Waals surface area contributed by atoms with Crippen molar-refractivity contribution in [3.8, 4) is 0 Å². The number of hydrogen-bond donors (Lipinski definition) is 3. The maximum Gasteiger partial charge on any atom is 0.316 e. The molecule has 2 unspecified atom stereocenters. The molecule has 6 rings (SSSR count). The summed E-state index contributed by atoms with van der Waals surface area (Å²) in [5.74, 6) is -1.93. The number of hydrogen-bond acceptors (Lipinski definition) is 8. The van der Waals surface area contributed by atoms with E-state index < -0.39 is 18.0 Å². The van der Waals surface area contributed by atoms with Crippen molar-refractivity contribution in [3.05, 3.63) is 75.4 Å². The molecule has 3 aromatic rings. The molecule has 0 aromatic carbocycles. The lowest BCUT2D eigenvalue weighted by Crippen LogP contribution is -2.24. The van der Waals surface area contributed by atoms with Crippen molar-refractivity contribution in [2.24, 2.45) is 0 Å².